The van der Waals surface area contributed by atoms with Gasteiger partial charge < -0.3 is 34.6 Å². The van der Waals surface area contributed by atoms with E-state index in [9.17, 15) is 24.3 Å². The predicted octanol–water partition coefficient (Wildman–Crippen LogP) is 2.66. The SMILES string of the molecule is CN1CCCC(Oc2cc(C(=O)N[C@@H](CCC(=O)OC(C)(C)C)C(=O)N3CCN(C(=O)O)CC3)nc(-c3ccccc3)n2)C1. The number of benzene rings is 1. The summed E-state index contributed by atoms with van der Waals surface area (Å²) in [4.78, 5) is 65.2. The molecule has 3 heterocycles. The Bertz CT molecular complexity index is 1320. The Morgan fingerprint density at radius 1 is 1.02 bits per heavy atom. The first kappa shape index (κ1) is 32.6. The topological polar surface area (TPSA) is 154 Å². The van der Waals surface area contributed by atoms with Crippen molar-refractivity contribution in [1.82, 2.24) is 30.0 Å². The minimum atomic E-state index is -1.07. The Hall–Kier alpha value is -4.26. The third kappa shape index (κ3) is 9.37. The smallest absolute Gasteiger partial charge is 0.407 e. The highest BCUT2D eigenvalue weighted by Crippen LogP contribution is 2.22. The second kappa shape index (κ2) is 14.5. The number of piperidine rings is 1. The van der Waals surface area contributed by atoms with Crippen molar-refractivity contribution in [3.8, 4) is 17.3 Å². The maximum Gasteiger partial charge on any atom is 0.407 e. The minimum Gasteiger partial charge on any atom is -0.473 e. The van der Waals surface area contributed by atoms with Crippen LogP contribution in [0.15, 0.2) is 36.4 Å². The van der Waals surface area contributed by atoms with E-state index in [1.54, 1.807) is 20.8 Å². The number of nitrogens with one attached hydrogen (secondary N) is 1. The zero-order valence-electron chi connectivity index (χ0n) is 25.8. The van der Waals surface area contributed by atoms with Crippen LogP contribution in [0.25, 0.3) is 11.4 Å². The number of likely N-dealkylation sites (N-methyl/N-ethyl adjacent to an activating group) is 1. The van der Waals surface area contributed by atoms with Gasteiger partial charge in [0.1, 0.15) is 23.4 Å². The molecule has 2 aliphatic heterocycles. The Labute approximate surface area is 257 Å². The van der Waals surface area contributed by atoms with Crippen molar-refractivity contribution in [1.29, 1.82) is 0 Å². The Morgan fingerprint density at radius 3 is 2.34 bits per heavy atom. The first-order valence-electron chi connectivity index (χ1n) is 15.0. The molecular weight excluding hydrogens is 568 g/mol. The molecule has 238 valence electrons. The largest absolute Gasteiger partial charge is 0.473 e. The molecule has 0 saturated carbocycles. The molecule has 0 bridgehead atoms. The number of carboxylic acid groups (broad SMARTS) is 1. The fraction of sp³-hybridized carbons (Fsp3) is 0.548. The Balaban J connectivity index is 1.57. The van der Waals surface area contributed by atoms with Crippen LogP contribution in [0.2, 0.25) is 0 Å². The number of ether oxygens (including phenoxy) is 2. The zero-order chi connectivity index (χ0) is 31.9. The average molecular weight is 611 g/mol. The molecule has 0 aliphatic carbocycles. The van der Waals surface area contributed by atoms with Crippen molar-refractivity contribution in [2.45, 2.75) is 64.2 Å². The molecule has 2 atom stereocenters. The number of likely N-dealkylation sites (tertiary alicyclic amines) is 1. The van der Waals surface area contributed by atoms with Crippen LogP contribution < -0.4 is 10.1 Å². The van der Waals surface area contributed by atoms with Crippen molar-refractivity contribution >= 4 is 23.9 Å². The molecule has 1 aromatic heterocycles. The molecule has 13 nitrogen and oxygen atoms in total. The van der Waals surface area contributed by atoms with Crippen LogP contribution in [0.1, 0.15) is 56.9 Å². The third-order valence-electron chi connectivity index (χ3n) is 7.36. The van der Waals surface area contributed by atoms with Crippen molar-refractivity contribution in [3.05, 3.63) is 42.1 Å². The summed E-state index contributed by atoms with van der Waals surface area (Å²) < 4.78 is 11.6. The lowest BCUT2D eigenvalue weighted by Crippen LogP contribution is -2.55. The average Bonchev–Trinajstić information content (AvgIpc) is 2.98. The summed E-state index contributed by atoms with van der Waals surface area (Å²) in [7, 11) is 2.03. The number of esters is 1. The van der Waals surface area contributed by atoms with Gasteiger partial charge in [0.2, 0.25) is 11.8 Å². The van der Waals surface area contributed by atoms with Crippen LogP contribution in [0, 0.1) is 0 Å². The van der Waals surface area contributed by atoms with Gasteiger partial charge in [0, 0.05) is 50.8 Å². The molecule has 1 unspecified atom stereocenters. The summed E-state index contributed by atoms with van der Waals surface area (Å²) in [6.07, 6.45) is 0.567. The van der Waals surface area contributed by atoms with Crippen molar-refractivity contribution in [2.75, 3.05) is 46.3 Å². The monoisotopic (exact) mass is 610 g/mol. The van der Waals surface area contributed by atoms with Crippen LogP contribution in [-0.2, 0) is 14.3 Å². The van der Waals surface area contributed by atoms with E-state index in [0.717, 1.165) is 25.9 Å². The molecule has 2 aliphatic rings. The van der Waals surface area contributed by atoms with E-state index in [2.05, 4.69) is 20.2 Å². The molecule has 3 amide bonds. The van der Waals surface area contributed by atoms with Crippen LogP contribution >= 0.6 is 0 Å². The first-order valence-corrected chi connectivity index (χ1v) is 15.0. The van der Waals surface area contributed by atoms with Crippen LogP contribution in [0.4, 0.5) is 4.79 Å². The second-order valence-electron chi connectivity index (χ2n) is 12.2. The molecule has 2 saturated heterocycles. The standard InChI is InChI=1S/C31H42N6O7/c1-31(2,3)44-26(38)13-12-23(29(40)36-15-17-37(18-16-36)30(41)42)33-28(39)24-19-25(43-22-11-8-14-35(4)20-22)34-27(32-24)21-9-6-5-7-10-21/h5-7,9-10,19,22-23H,8,11-18,20H2,1-4H3,(H,33,39)(H,41,42)/t22?,23-/m0/s1. The number of rotatable bonds is 9. The Kier molecular flexibility index (Phi) is 10.7. The molecule has 13 heteroatoms. The summed E-state index contributed by atoms with van der Waals surface area (Å²) in [5.74, 6) is -0.973. The highest BCUT2D eigenvalue weighted by molar-refractivity contribution is 5.96. The van der Waals surface area contributed by atoms with Gasteiger partial charge in [-0.25, -0.2) is 9.78 Å². The van der Waals surface area contributed by atoms with Gasteiger partial charge in [-0.3, -0.25) is 14.4 Å². The summed E-state index contributed by atoms with van der Waals surface area (Å²) in [5.41, 5.74) is 0.0103. The first-order chi connectivity index (χ1) is 20.9. The summed E-state index contributed by atoms with van der Waals surface area (Å²) in [6, 6.07) is 9.62. The van der Waals surface area contributed by atoms with Gasteiger partial charge in [0.25, 0.3) is 5.91 Å². The number of nitrogens with zero attached hydrogens (tertiary/aromatic N) is 5. The summed E-state index contributed by atoms with van der Waals surface area (Å²) in [6.45, 7) is 7.60. The van der Waals surface area contributed by atoms with Crippen molar-refractivity contribution in [3.63, 3.8) is 0 Å². The van der Waals surface area contributed by atoms with Crippen molar-refractivity contribution in [2.24, 2.45) is 0 Å². The maximum atomic E-state index is 13.7. The van der Waals surface area contributed by atoms with Gasteiger partial charge >= 0.3 is 12.1 Å². The maximum absolute atomic E-state index is 13.7. The lowest BCUT2D eigenvalue weighted by Gasteiger charge is -2.35. The Morgan fingerprint density at radius 2 is 1.70 bits per heavy atom. The fourth-order valence-electron chi connectivity index (χ4n) is 5.19. The lowest BCUT2D eigenvalue weighted by molar-refractivity contribution is -0.155. The highest BCUT2D eigenvalue weighted by Gasteiger charge is 2.32. The molecular formula is C31H42N6O7. The molecule has 4 rings (SSSR count). The molecule has 2 fully saturated rings. The van der Waals surface area contributed by atoms with E-state index in [-0.39, 0.29) is 56.7 Å². The third-order valence-corrected chi connectivity index (χ3v) is 7.36. The van der Waals surface area contributed by atoms with E-state index >= 15 is 0 Å². The minimum absolute atomic E-state index is 0.00692. The number of piperazine rings is 1. The van der Waals surface area contributed by atoms with Gasteiger partial charge in [-0.15, -0.1) is 0 Å². The summed E-state index contributed by atoms with van der Waals surface area (Å²) >= 11 is 0. The van der Waals surface area contributed by atoms with E-state index in [1.165, 1.54) is 15.9 Å². The van der Waals surface area contributed by atoms with E-state index in [4.69, 9.17) is 9.47 Å². The molecule has 2 aromatic rings. The number of hydrogen-bond donors (Lipinski definition) is 2. The highest BCUT2D eigenvalue weighted by atomic mass is 16.6. The molecule has 0 spiro atoms. The van der Waals surface area contributed by atoms with Gasteiger partial charge in [0.15, 0.2) is 5.82 Å². The van der Waals surface area contributed by atoms with E-state index in [1.807, 2.05) is 37.4 Å². The fourth-order valence-corrected chi connectivity index (χ4v) is 5.19. The number of carbonyl (C=O) groups excluding carboxylic acids is 3. The molecule has 1 aromatic carbocycles. The van der Waals surface area contributed by atoms with E-state index in [0.29, 0.717) is 11.4 Å². The van der Waals surface area contributed by atoms with Gasteiger partial charge in [-0.2, -0.15) is 4.98 Å². The van der Waals surface area contributed by atoms with Gasteiger partial charge in [-0.1, -0.05) is 30.3 Å². The van der Waals surface area contributed by atoms with Gasteiger partial charge in [0.05, 0.1) is 0 Å². The molecule has 44 heavy (non-hydrogen) atoms. The molecule has 0 radical (unpaired) electrons. The summed E-state index contributed by atoms with van der Waals surface area (Å²) in [5, 5.41) is 12.1. The quantitative estimate of drug-likeness (QED) is 0.405. The number of hydrogen-bond acceptors (Lipinski definition) is 9. The van der Waals surface area contributed by atoms with E-state index < -0.39 is 35.5 Å². The number of aromatic nitrogens is 2. The second-order valence-corrected chi connectivity index (χ2v) is 12.2. The predicted molar refractivity (Wildman–Crippen MR) is 161 cm³/mol. The van der Waals surface area contributed by atoms with Gasteiger partial charge in [-0.05, 0) is 53.6 Å². The van der Waals surface area contributed by atoms with Crippen LogP contribution in [0.5, 0.6) is 5.88 Å². The normalized spacial score (nSPS) is 18.3. The number of carbonyl (C=O) groups is 4. The zero-order valence-corrected chi connectivity index (χ0v) is 25.8. The number of amides is 3. The van der Waals surface area contributed by atoms with Crippen LogP contribution in [-0.4, -0.2) is 118 Å². The van der Waals surface area contributed by atoms with Crippen LogP contribution in [0.3, 0.4) is 0 Å². The molecule has 2 N–H and O–H groups in total. The van der Waals surface area contributed by atoms with Crippen molar-refractivity contribution < 1.29 is 33.8 Å². The lowest BCUT2D eigenvalue weighted by atomic mass is 10.1.